The van der Waals surface area contributed by atoms with Crippen LogP contribution in [0.3, 0.4) is 0 Å². The van der Waals surface area contributed by atoms with Gasteiger partial charge in [0.1, 0.15) is 17.3 Å². The van der Waals surface area contributed by atoms with Crippen molar-refractivity contribution in [2.45, 2.75) is 33.7 Å². The van der Waals surface area contributed by atoms with Gasteiger partial charge in [0.2, 0.25) is 0 Å². The number of rotatable bonds is 9. The highest BCUT2D eigenvalue weighted by Crippen LogP contribution is 2.26. The Morgan fingerprint density at radius 2 is 1.89 bits per heavy atom. The van der Waals surface area contributed by atoms with Crippen molar-refractivity contribution in [3.05, 3.63) is 65.0 Å². The first-order chi connectivity index (χ1) is 17.3. The molecule has 0 fully saturated rings. The molecular formula is C27H34N8O. The van der Waals surface area contributed by atoms with E-state index in [1.165, 1.54) is 0 Å². The minimum atomic E-state index is -0.161. The lowest BCUT2D eigenvalue weighted by Gasteiger charge is -2.19. The summed E-state index contributed by atoms with van der Waals surface area (Å²) in [5.41, 5.74) is 4.80. The molecule has 0 saturated carbocycles. The number of hydrogen-bond acceptors (Lipinski definition) is 7. The predicted octanol–water partition coefficient (Wildman–Crippen LogP) is 3.51. The average molecular weight is 487 g/mol. The second kappa shape index (κ2) is 10.8. The number of benzene rings is 1. The van der Waals surface area contributed by atoms with Crippen molar-refractivity contribution in [1.82, 2.24) is 34.7 Å². The van der Waals surface area contributed by atoms with Crippen LogP contribution in [0.5, 0.6) is 0 Å². The first-order valence-corrected chi connectivity index (χ1v) is 12.2. The van der Waals surface area contributed by atoms with Crippen molar-refractivity contribution < 1.29 is 4.79 Å². The maximum absolute atomic E-state index is 13.7. The second-order valence-corrected chi connectivity index (χ2v) is 9.07. The zero-order valence-electron chi connectivity index (χ0n) is 21.9. The van der Waals surface area contributed by atoms with E-state index in [0.29, 0.717) is 18.1 Å². The molecule has 0 spiro atoms. The molecule has 4 aromatic rings. The number of nitrogens with one attached hydrogen (secondary N) is 2. The van der Waals surface area contributed by atoms with Gasteiger partial charge < -0.3 is 20.1 Å². The molecule has 36 heavy (non-hydrogen) atoms. The lowest BCUT2D eigenvalue weighted by Crippen LogP contribution is -2.28. The zero-order valence-corrected chi connectivity index (χ0v) is 21.9. The quantitative estimate of drug-likeness (QED) is 0.349. The zero-order chi connectivity index (χ0) is 25.8. The molecule has 0 saturated heterocycles. The number of aryl methyl sites for hydroxylation is 3. The van der Waals surface area contributed by atoms with Crippen LogP contribution in [0, 0.1) is 13.8 Å². The summed E-state index contributed by atoms with van der Waals surface area (Å²) in [6, 6.07) is 9.79. The van der Waals surface area contributed by atoms with Gasteiger partial charge in [0.05, 0.1) is 24.0 Å². The van der Waals surface area contributed by atoms with Crippen LogP contribution in [0.2, 0.25) is 0 Å². The highest BCUT2D eigenvalue weighted by Gasteiger charge is 2.21. The normalized spacial score (nSPS) is 11.2. The lowest BCUT2D eigenvalue weighted by atomic mass is 10.1. The van der Waals surface area contributed by atoms with Gasteiger partial charge in [-0.15, -0.1) is 0 Å². The average Bonchev–Trinajstić information content (AvgIpc) is 3.21. The Hall–Kier alpha value is -3.85. The van der Waals surface area contributed by atoms with E-state index in [0.717, 1.165) is 64.6 Å². The van der Waals surface area contributed by atoms with Crippen LogP contribution >= 0.6 is 0 Å². The molecule has 0 aliphatic carbocycles. The first kappa shape index (κ1) is 25.2. The standard InChI is InChI=1S/C27H34N8O/c1-7-24-30-15-20(35(24)6)16-34(5)27(36)25-21-12-17(2)8-9-22(21)32-26(33-25)19-13-18(3)31-23(14-19)29-11-10-28-4/h8-9,12-15,28H,7,10-11,16H2,1-6H3,(H,29,31). The van der Waals surface area contributed by atoms with Gasteiger partial charge in [-0.05, 0) is 45.2 Å². The third-order valence-electron chi connectivity index (χ3n) is 6.19. The van der Waals surface area contributed by atoms with E-state index in [9.17, 15) is 4.79 Å². The van der Waals surface area contributed by atoms with Crippen molar-refractivity contribution in [3.63, 3.8) is 0 Å². The largest absolute Gasteiger partial charge is 0.369 e. The van der Waals surface area contributed by atoms with Gasteiger partial charge >= 0.3 is 0 Å². The topological polar surface area (TPSA) is 101 Å². The highest BCUT2D eigenvalue weighted by atomic mass is 16.2. The number of nitrogens with zero attached hydrogens (tertiary/aromatic N) is 6. The van der Waals surface area contributed by atoms with Crippen LogP contribution in [0.4, 0.5) is 5.82 Å². The van der Waals surface area contributed by atoms with E-state index in [4.69, 9.17) is 9.97 Å². The molecule has 0 aliphatic heterocycles. The van der Waals surface area contributed by atoms with Crippen LogP contribution in [0.25, 0.3) is 22.3 Å². The van der Waals surface area contributed by atoms with E-state index in [1.54, 1.807) is 11.9 Å². The van der Waals surface area contributed by atoms with Gasteiger partial charge in [0.15, 0.2) is 5.82 Å². The molecule has 0 bridgehead atoms. The van der Waals surface area contributed by atoms with Crippen LogP contribution in [-0.2, 0) is 20.0 Å². The van der Waals surface area contributed by atoms with Crippen molar-refractivity contribution in [3.8, 4) is 11.4 Å². The van der Waals surface area contributed by atoms with Crippen molar-refractivity contribution >= 4 is 22.6 Å². The molecule has 9 nitrogen and oxygen atoms in total. The Morgan fingerprint density at radius 1 is 1.08 bits per heavy atom. The number of carbonyl (C=O) groups excluding carboxylic acids is 1. The van der Waals surface area contributed by atoms with Gasteiger partial charge in [0, 0.05) is 50.2 Å². The fraction of sp³-hybridized carbons (Fsp3) is 0.370. The van der Waals surface area contributed by atoms with Crippen molar-refractivity contribution in [2.24, 2.45) is 7.05 Å². The first-order valence-electron chi connectivity index (χ1n) is 12.2. The third kappa shape index (κ3) is 5.36. The Balaban J connectivity index is 1.74. The van der Waals surface area contributed by atoms with Crippen molar-refractivity contribution in [1.29, 1.82) is 0 Å². The number of amides is 1. The maximum atomic E-state index is 13.7. The lowest BCUT2D eigenvalue weighted by molar-refractivity contribution is 0.0778. The number of carbonyl (C=O) groups is 1. The molecule has 4 rings (SSSR count). The minimum Gasteiger partial charge on any atom is -0.369 e. The number of imidazole rings is 1. The summed E-state index contributed by atoms with van der Waals surface area (Å²) in [6.45, 7) is 8.01. The summed E-state index contributed by atoms with van der Waals surface area (Å²) in [6.07, 6.45) is 2.67. The van der Waals surface area contributed by atoms with Crippen LogP contribution in [0.1, 0.15) is 40.2 Å². The number of likely N-dealkylation sites (N-methyl/N-ethyl adjacent to an activating group) is 1. The smallest absolute Gasteiger partial charge is 0.273 e. The summed E-state index contributed by atoms with van der Waals surface area (Å²) < 4.78 is 2.04. The molecule has 1 amide bonds. The maximum Gasteiger partial charge on any atom is 0.273 e. The Labute approximate surface area is 212 Å². The SMILES string of the molecule is CCc1ncc(CN(C)C(=O)c2nc(-c3cc(C)nc(NCCNC)c3)nc3ccc(C)cc23)n1C. The molecule has 3 aromatic heterocycles. The summed E-state index contributed by atoms with van der Waals surface area (Å²) >= 11 is 0. The monoisotopic (exact) mass is 486 g/mol. The fourth-order valence-corrected chi connectivity index (χ4v) is 4.20. The third-order valence-corrected chi connectivity index (χ3v) is 6.19. The molecule has 0 atom stereocenters. The van der Waals surface area contributed by atoms with Crippen LogP contribution in [-0.4, -0.2) is 62.5 Å². The van der Waals surface area contributed by atoms with Crippen LogP contribution in [0.15, 0.2) is 36.5 Å². The Bertz CT molecular complexity index is 1390. The molecule has 3 heterocycles. The Kier molecular flexibility index (Phi) is 7.59. The minimum absolute atomic E-state index is 0.161. The van der Waals surface area contributed by atoms with Crippen molar-refractivity contribution in [2.75, 3.05) is 32.5 Å². The number of hydrogen-bond donors (Lipinski definition) is 2. The number of fused-ring (bicyclic) bond motifs is 1. The molecule has 1 aromatic carbocycles. The molecule has 0 aliphatic rings. The molecule has 0 radical (unpaired) electrons. The van der Waals surface area contributed by atoms with E-state index >= 15 is 0 Å². The van der Waals surface area contributed by atoms with Gasteiger partial charge in [-0.25, -0.2) is 19.9 Å². The van der Waals surface area contributed by atoms with Crippen LogP contribution < -0.4 is 10.6 Å². The summed E-state index contributed by atoms with van der Waals surface area (Å²) in [5, 5.41) is 7.18. The van der Waals surface area contributed by atoms with Gasteiger partial charge in [-0.2, -0.15) is 0 Å². The van der Waals surface area contributed by atoms with E-state index in [1.807, 2.05) is 69.0 Å². The number of pyridine rings is 1. The van der Waals surface area contributed by atoms with Gasteiger partial charge in [-0.1, -0.05) is 18.6 Å². The highest BCUT2D eigenvalue weighted by molar-refractivity contribution is 6.05. The van der Waals surface area contributed by atoms with Gasteiger partial charge in [0.25, 0.3) is 5.91 Å². The molecule has 2 N–H and O–H groups in total. The van der Waals surface area contributed by atoms with E-state index < -0.39 is 0 Å². The molecule has 188 valence electrons. The summed E-state index contributed by atoms with van der Waals surface area (Å²) in [7, 11) is 5.69. The number of aromatic nitrogens is 5. The summed E-state index contributed by atoms with van der Waals surface area (Å²) in [4.78, 5) is 34.1. The molecule has 0 unspecified atom stereocenters. The van der Waals surface area contributed by atoms with E-state index in [2.05, 4.69) is 27.5 Å². The fourth-order valence-electron chi connectivity index (χ4n) is 4.20. The predicted molar refractivity (Wildman–Crippen MR) is 143 cm³/mol. The Morgan fingerprint density at radius 3 is 2.61 bits per heavy atom. The number of anilines is 1. The molecular weight excluding hydrogens is 452 g/mol. The second-order valence-electron chi connectivity index (χ2n) is 9.07. The molecule has 9 heteroatoms. The van der Waals surface area contributed by atoms with Gasteiger partial charge in [-0.3, -0.25) is 4.79 Å². The van der Waals surface area contributed by atoms with E-state index in [-0.39, 0.29) is 5.91 Å². The summed E-state index contributed by atoms with van der Waals surface area (Å²) in [5.74, 6) is 2.08.